The number of hydrogen-bond acceptors (Lipinski definition) is 5. The Hall–Kier alpha value is -3.75. The Kier molecular flexibility index (Phi) is 8.12. The van der Waals surface area contributed by atoms with Crippen LogP contribution in [0.3, 0.4) is 0 Å². The molecule has 2 N–H and O–H groups in total. The zero-order valence-electron chi connectivity index (χ0n) is 18.0. The van der Waals surface area contributed by atoms with E-state index < -0.39 is 34.5 Å². The van der Waals surface area contributed by atoms with Crippen LogP contribution in [0.15, 0.2) is 90.3 Å². The van der Waals surface area contributed by atoms with Crippen molar-refractivity contribution in [3.63, 3.8) is 0 Å². The minimum Gasteiger partial charge on any atom is -0.452 e. The Morgan fingerprint density at radius 1 is 0.909 bits per heavy atom. The fraction of sp³-hybridized carbons (Fsp3) is 0.120. The van der Waals surface area contributed by atoms with Gasteiger partial charge in [-0.3, -0.25) is 9.59 Å². The van der Waals surface area contributed by atoms with E-state index in [2.05, 4.69) is 10.0 Å². The lowest BCUT2D eigenvalue weighted by atomic mass is 10.0. The number of carbonyl (C=O) groups excluding carboxylic acids is 2. The molecule has 7 nitrogen and oxygen atoms in total. The van der Waals surface area contributed by atoms with E-state index in [0.29, 0.717) is 11.3 Å². The van der Waals surface area contributed by atoms with E-state index in [1.165, 1.54) is 13.0 Å². The molecule has 0 aromatic heterocycles. The highest BCUT2D eigenvalue weighted by Gasteiger charge is 2.20. The van der Waals surface area contributed by atoms with Crippen molar-refractivity contribution in [1.82, 2.24) is 4.72 Å². The molecule has 0 spiro atoms. The number of carbonyl (C=O) groups is 2. The van der Waals surface area contributed by atoms with Gasteiger partial charge in [0.05, 0.1) is 0 Å². The molecule has 33 heavy (non-hydrogen) atoms. The lowest BCUT2D eigenvalue weighted by Crippen LogP contribution is -2.35. The second kappa shape index (κ2) is 11.2. The lowest BCUT2D eigenvalue weighted by molar-refractivity contribution is -0.151. The highest BCUT2D eigenvalue weighted by molar-refractivity contribution is 7.92. The highest BCUT2D eigenvalue weighted by Crippen LogP contribution is 2.27. The zero-order chi connectivity index (χ0) is 23.7. The van der Waals surface area contributed by atoms with Crippen LogP contribution in [0, 0.1) is 0 Å². The molecule has 0 heterocycles. The Bertz CT molecular complexity index is 1230. The van der Waals surface area contributed by atoms with Crippen LogP contribution in [0.4, 0.5) is 5.69 Å². The van der Waals surface area contributed by atoms with Crippen molar-refractivity contribution in [2.24, 2.45) is 0 Å². The molecule has 170 valence electrons. The quantitative estimate of drug-likeness (QED) is 0.469. The molecule has 0 aliphatic carbocycles. The molecule has 8 heteroatoms. The van der Waals surface area contributed by atoms with Gasteiger partial charge in [-0.15, -0.1) is 0 Å². The van der Waals surface area contributed by atoms with Crippen LogP contribution in [-0.2, 0) is 24.3 Å². The standard InChI is InChI=1S/C25H24N2O5S/c1-19(25(29)27-23-15-9-8-14-22(23)21-12-6-3-7-13-21)32-24(28)18-26-33(30,31)17-16-20-10-4-2-5-11-20/h2-17,19,26H,18H2,1H3,(H,27,29)/b17-16+. The van der Waals surface area contributed by atoms with Crippen molar-refractivity contribution in [2.75, 3.05) is 11.9 Å². The molecule has 0 aliphatic rings. The molecule has 0 bridgehead atoms. The molecule has 3 aromatic carbocycles. The Balaban J connectivity index is 1.54. The normalized spacial score (nSPS) is 12.3. The van der Waals surface area contributed by atoms with E-state index in [-0.39, 0.29) is 0 Å². The van der Waals surface area contributed by atoms with Crippen molar-refractivity contribution in [2.45, 2.75) is 13.0 Å². The van der Waals surface area contributed by atoms with Gasteiger partial charge in [0.2, 0.25) is 10.0 Å². The Morgan fingerprint density at radius 2 is 1.52 bits per heavy atom. The number of anilines is 1. The summed E-state index contributed by atoms with van der Waals surface area (Å²) in [6, 6.07) is 25.7. The summed E-state index contributed by atoms with van der Waals surface area (Å²) in [6.07, 6.45) is 0.291. The monoisotopic (exact) mass is 464 g/mol. The third kappa shape index (κ3) is 7.41. The number of rotatable bonds is 9. The van der Waals surface area contributed by atoms with E-state index in [0.717, 1.165) is 16.5 Å². The van der Waals surface area contributed by atoms with Gasteiger partial charge in [-0.25, -0.2) is 13.1 Å². The summed E-state index contributed by atoms with van der Waals surface area (Å²) in [5.74, 6) is -1.40. The SMILES string of the molecule is CC(OC(=O)CNS(=O)(=O)/C=C/c1ccccc1)C(=O)Nc1ccccc1-c1ccccc1. The van der Waals surface area contributed by atoms with E-state index in [1.807, 2.05) is 48.5 Å². The van der Waals surface area contributed by atoms with Gasteiger partial charge in [0, 0.05) is 16.7 Å². The number of esters is 1. The predicted molar refractivity (Wildman–Crippen MR) is 128 cm³/mol. The molecule has 3 rings (SSSR count). The molecule has 0 radical (unpaired) electrons. The van der Waals surface area contributed by atoms with Gasteiger partial charge in [-0.1, -0.05) is 78.9 Å². The first-order valence-corrected chi connectivity index (χ1v) is 11.8. The molecule has 1 unspecified atom stereocenters. The first-order chi connectivity index (χ1) is 15.8. The summed E-state index contributed by atoms with van der Waals surface area (Å²) in [4.78, 5) is 24.6. The maximum atomic E-state index is 12.6. The molecule has 0 aliphatic heterocycles. The average molecular weight is 465 g/mol. The van der Waals surface area contributed by atoms with Crippen molar-refractivity contribution >= 4 is 33.7 Å². The van der Waals surface area contributed by atoms with Crippen LogP contribution in [0.1, 0.15) is 12.5 Å². The second-order valence-electron chi connectivity index (χ2n) is 7.11. The summed E-state index contributed by atoms with van der Waals surface area (Å²) in [5.41, 5.74) is 3.02. The van der Waals surface area contributed by atoms with Crippen LogP contribution >= 0.6 is 0 Å². The minimum atomic E-state index is -3.85. The Labute approximate surface area is 193 Å². The van der Waals surface area contributed by atoms with E-state index in [1.54, 1.807) is 36.4 Å². The molecular formula is C25H24N2O5S. The molecule has 3 aromatic rings. The summed E-state index contributed by atoms with van der Waals surface area (Å²) < 4.78 is 31.3. The highest BCUT2D eigenvalue weighted by atomic mass is 32.2. The number of amides is 1. The van der Waals surface area contributed by atoms with Gasteiger partial charge in [-0.2, -0.15) is 0 Å². The molecule has 0 saturated heterocycles. The smallest absolute Gasteiger partial charge is 0.321 e. The number of ether oxygens (including phenoxy) is 1. The maximum Gasteiger partial charge on any atom is 0.321 e. The number of benzene rings is 3. The summed E-state index contributed by atoms with van der Waals surface area (Å²) >= 11 is 0. The Morgan fingerprint density at radius 3 is 2.21 bits per heavy atom. The molecule has 0 fully saturated rings. The van der Waals surface area contributed by atoms with Gasteiger partial charge in [0.1, 0.15) is 6.54 Å². The minimum absolute atomic E-state index is 0.529. The number of sulfonamides is 1. The van der Waals surface area contributed by atoms with Gasteiger partial charge in [0.15, 0.2) is 6.10 Å². The first kappa shape index (κ1) is 23.9. The molecule has 0 saturated carbocycles. The van der Waals surface area contributed by atoms with E-state index in [9.17, 15) is 18.0 Å². The molecule has 1 amide bonds. The number of hydrogen-bond donors (Lipinski definition) is 2. The fourth-order valence-corrected chi connectivity index (χ4v) is 3.68. The van der Waals surface area contributed by atoms with Crippen molar-refractivity contribution < 1.29 is 22.7 Å². The predicted octanol–water partition coefficient (Wildman–Crippen LogP) is 3.81. The van der Waals surface area contributed by atoms with Crippen LogP contribution < -0.4 is 10.0 Å². The van der Waals surface area contributed by atoms with Crippen LogP contribution in [0.25, 0.3) is 17.2 Å². The van der Waals surface area contributed by atoms with Gasteiger partial charge in [0.25, 0.3) is 5.91 Å². The third-order valence-corrected chi connectivity index (χ3v) is 5.65. The van der Waals surface area contributed by atoms with Gasteiger partial charge < -0.3 is 10.1 Å². The van der Waals surface area contributed by atoms with Crippen LogP contribution in [0.2, 0.25) is 0 Å². The molecule has 1 atom stereocenters. The summed E-state index contributed by atoms with van der Waals surface area (Å²) in [6.45, 7) is 0.821. The van der Waals surface area contributed by atoms with Crippen molar-refractivity contribution in [3.8, 4) is 11.1 Å². The van der Waals surface area contributed by atoms with E-state index in [4.69, 9.17) is 4.74 Å². The van der Waals surface area contributed by atoms with Crippen LogP contribution in [-0.4, -0.2) is 32.9 Å². The van der Waals surface area contributed by atoms with Crippen molar-refractivity contribution in [1.29, 1.82) is 0 Å². The largest absolute Gasteiger partial charge is 0.452 e. The average Bonchev–Trinajstić information content (AvgIpc) is 2.83. The number of nitrogens with one attached hydrogen (secondary N) is 2. The lowest BCUT2D eigenvalue weighted by Gasteiger charge is -2.16. The zero-order valence-corrected chi connectivity index (χ0v) is 18.8. The van der Waals surface area contributed by atoms with E-state index >= 15 is 0 Å². The maximum absolute atomic E-state index is 12.6. The molecular weight excluding hydrogens is 440 g/mol. The van der Waals surface area contributed by atoms with Crippen molar-refractivity contribution in [3.05, 3.63) is 95.9 Å². The van der Waals surface area contributed by atoms with Crippen LogP contribution in [0.5, 0.6) is 0 Å². The fourth-order valence-electron chi connectivity index (χ4n) is 2.93. The number of para-hydroxylation sites is 1. The topological polar surface area (TPSA) is 102 Å². The second-order valence-corrected chi connectivity index (χ2v) is 8.76. The summed E-state index contributed by atoms with van der Waals surface area (Å²) in [5, 5.41) is 3.72. The summed E-state index contributed by atoms with van der Waals surface area (Å²) in [7, 11) is -3.85. The third-order valence-electron chi connectivity index (χ3n) is 4.60. The first-order valence-electron chi connectivity index (χ1n) is 10.2. The van der Waals surface area contributed by atoms with Gasteiger partial charge in [-0.05, 0) is 30.2 Å². The van der Waals surface area contributed by atoms with Gasteiger partial charge >= 0.3 is 5.97 Å².